The van der Waals surface area contributed by atoms with Gasteiger partial charge in [-0.25, -0.2) is 0 Å². The third kappa shape index (κ3) is 6.00. The Bertz CT molecular complexity index is 425. The lowest BCUT2D eigenvalue weighted by molar-refractivity contribution is -0.123. The summed E-state index contributed by atoms with van der Waals surface area (Å²) in [5, 5.41) is 4.36. The Labute approximate surface area is 129 Å². The van der Waals surface area contributed by atoms with Gasteiger partial charge < -0.3 is 0 Å². The van der Waals surface area contributed by atoms with Gasteiger partial charge in [-0.15, -0.1) is 0 Å². The van der Waals surface area contributed by atoms with Crippen molar-refractivity contribution in [3.63, 3.8) is 0 Å². The predicted molar refractivity (Wildman–Crippen MR) is 87.3 cm³/mol. The topological polar surface area (TPSA) is 38.1 Å². The van der Waals surface area contributed by atoms with E-state index in [1.165, 1.54) is 18.4 Å². The van der Waals surface area contributed by atoms with Crippen molar-refractivity contribution < 1.29 is 4.79 Å². The summed E-state index contributed by atoms with van der Waals surface area (Å²) in [5.41, 5.74) is 1.21. The summed E-state index contributed by atoms with van der Waals surface area (Å²) in [6, 6.07) is 0. The fourth-order valence-corrected chi connectivity index (χ4v) is 2.68. The van der Waals surface area contributed by atoms with Crippen molar-refractivity contribution >= 4 is 5.78 Å². The Kier molecular flexibility index (Phi) is 7.65. The van der Waals surface area contributed by atoms with Crippen molar-refractivity contribution in [3.05, 3.63) is 18.0 Å². The summed E-state index contributed by atoms with van der Waals surface area (Å²) < 4.78 is 2.04. The Morgan fingerprint density at radius 2 is 2.14 bits per heavy atom. The van der Waals surface area contributed by atoms with E-state index in [0.717, 1.165) is 19.6 Å². The normalized spacial score (nSPS) is 19.2. The smallest absolute Gasteiger partial charge is 0.149 e. The summed E-state index contributed by atoms with van der Waals surface area (Å²) >= 11 is 0. The molecule has 1 fully saturated rings. The molecule has 0 radical (unpaired) electrons. The largest absolute Gasteiger partial charge is 0.298 e. The van der Waals surface area contributed by atoms with Gasteiger partial charge in [0.2, 0.25) is 0 Å². The maximum atomic E-state index is 11.8. The Morgan fingerprint density at radius 3 is 2.71 bits per heavy atom. The third-order valence-corrected chi connectivity index (χ3v) is 3.83. The minimum atomic E-state index is 0.147. The summed E-state index contributed by atoms with van der Waals surface area (Å²) in [5.74, 6) is 1.12. The van der Waals surface area contributed by atoms with Gasteiger partial charge in [-0.3, -0.25) is 14.4 Å². The molecular weight excluding hydrogens is 262 g/mol. The van der Waals surface area contributed by atoms with Gasteiger partial charge in [0.15, 0.2) is 0 Å². The second kappa shape index (κ2) is 8.98. The second-order valence-corrected chi connectivity index (χ2v) is 6.10. The van der Waals surface area contributed by atoms with Crippen LogP contribution in [0.3, 0.4) is 0 Å². The van der Waals surface area contributed by atoms with Gasteiger partial charge in [0.25, 0.3) is 0 Å². The molecule has 1 aromatic rings. The molecule has 120 valence electrons. The SMILES string of the molecule is CC.Cc1cnn(C[C@@H]2CCCN(CC(=O)C(C)C)C2)c1. The number of nitrogens with zero attached hydrogens (tertiary/aromatic N) is 3. The Balaban J connectivity index is 0.00000106. The minimum Gasteiger partial charge on any atom is -0.298 e. The molecule has 1 atom stereocenters. The molecular formula is C17H31N3O. The van der Waals surface area contributed by atoms with Crippen molar-refractivity contribution in [2.24, 2.45) is 11.8 Å². The quantitative estimate of drug-likeness (QED) is 0.837. The molecule has 0 aromatic carbocycles. The zero-order chi connectivity index (χ0) is 15.8. The molecule has 1 aliphatic rings. The number of carbonyl (C=O) groups excluding carboxylic acids is 1. The molecule has 2 rings (SSSR count). The van der Waals surface area contributed by atoms with Crippen molar-refractivity contribution in [2.45, 2.75) is 54.0 Å². The fraction of sp³-hybridized carbons (Fsp3) is 0.765. The fourth-order valence-electron chi connectivity index (χ4n) is 2.68. The highest BCUT2D eigenvalue weighted by Gasteiger charge is 2.22. The van der Waals surface area contributed by atoms with Crippen LogP contribution in [0.1, 0.15) is 46.1 Å². The first kappa shape index (κ1) is 17.9. The summed E-state index contributed by atoms with van der Waals surface area (Å²) in [6.07, 6.45) is 6.43. The number of hydrogen-bond donors (Lipinski definition) is 0. The molecule has 0 bridgehead atoms. The van der Waals surface area contributed by atoms with Gasteiger partial charge in [-0.1, -0.05) is 27.7 Å². The first-order valence-corrected chi connectivity index (χ1v) is 8.28. The average Bonchev–Trinajstić information content (AvgIpc) is 2.86. The van der Waals surface area contributed by atoms with Crippen LogP contribution in [0.25, 0.3) is 0 Å². The zero-order valence-corrected chi connectivity index (χ0v) is 14.3. The van der Waals surface area contributed by atoms with Crippen LogP contribution in [-0.4, -0.2) is 40.1 Å². The number of ketones is 1. The van der Waals surface area contributed by atoms with Crippen LogP contribution in [0, 0.1) is 18.8 Å². The molecule has 1 aromatic heterocycles. The monoisotopic (exact) mass is 293 g/mol. The number of carbonyl (C=O) groups is 1. The molecule has 1 aliphatic heterocycles. The summed E-state index contributed by atoms with van der Waals surface area (Å²) in [4.78, 5) is 14.1. The maximum Gasteiger partial charge on any atom is 0.149 e. The standard InChI is InChI=1S/C15H25N3O.C2H6/c1-12(2)15(19)11-17-6-4-5-14(9-17)10-18-8-13(3)7-16-18;1-2/h7-8,12,14H,4-6,9-11H2,1-3H3;1-2H3/t14-;/m1./s1. The van der Waals surface area contributed by atoms with Gasteiger partial charge >= 0.3 is 0 Å². The Hall–Kier alpha value is -1.16. The van der Waals surface area contributed by atoms with E-state index in [0.29, 0.717) is 18.2 Å². The van der Waals surface area contributed by atoms with Crippen molar-refractivity contribution in [2.75, 3.05) is 19.6 Å². The number of Topliss-reactive ketones (excluding diaryl/α,β-unsaturated/α-hetero) is 1. The van der Waals surface area contributed by atoms with Gasteiger partial charge in [0.05, 0.1) is 12.7 Å². The van der Waals surface area contributed by atoms with Crippen LogP contribution in [0.15, 0.2) is 12.4 Å². The number of aryl methyl sites for hydroxylation is 1. The van der Waals surface area contributed by atoms with Gasteiger partial charge in [-0.2, -0.15) is 5.10 Å². The van der Waals surface area contributed by atoms with Crippen LogP contribution >= 0.6 is 0 Å². The highest BCUT2D eigenvalue weighted by atomic mass is 16.1. The molecule has 0 aliphatic carbocycles. The first-order valence-electron chi connectivity index (χ1n) is 8.28. The van der Waals surface area contributed by atoms with Gasteiger partial charge in [-0.05, 0) is 37.8 Å². The van der Waals surface area contributed by atoms with Crippen LogP contribution in [0.5, 0.6) is 0 Å². The number of aromatic nitrogens is 2. The highest BCUT2D eigenvalue weighted by molar-refractivity contribution is 5.82. The van der Waals surface area contributed by atoms with E-state index < -0.39 is 0 Å². The molecule has 4 nitrogen and oxygen atoms in total. The average molecular weight is 293 g/mol. The lowest BCUT2D eigenvalue weighted by Crippen LogP contribution is -2.41. The lowest BCUT2D eigenvalue weighted by Gasteiger charge is -2.32. The predicted octanol–water partition coefficient (Wildman–Crippen LogP) is 3.15. The summed E-state index contributed by atoms with van der Waals surface area (Å²) in [7, 11) is 0. The van der Waals surface area contributed by atoms with E-state index >= 15 is 0 Å². The van der Waals surface area contributed by atoms with E-state index in [2.05, 4.69) is 23.1 Å². The van der Waals surface area contributed by atoms with Crippen molar-refractivity contribution in [1.29, 1.82) is 0 Å². The molecule has 0 spiro atoms. The highest BCUT2D eigenvalue weighted by Crippen LogP contribution is 2.18. The van der Waals surface area contributed by atoms with Crippen molar-refractivity contribution in [3.8, 4) is 0 Å². The number of hydrogen-bond acceptors (Lipinski definition) is 3. The number of rotatable bonds is 5. The molecule has 4 heteroatoms. The maximum absolute atomic E-state index is 11.8. The molecule has 0 N–H and O–H groups in total. The van der Waals surface area contributed by atoms with Crippen molar-refractivity contribution in [1.82, 2.24) is 14.7 Å². The van der Waals surface area contributed by atoms with Crippen LogP contribution in [0.2, 0.25) is 0 Å². The molecule has 21 heavy (non-hydrogen) atoms. The summed E-state index contributed by atoms with van der Waals surface area (Å²) in [6.45, 7) is 13.7. The molecule has 0 amide bonds. The van der Waals surface area contributed by atoms with Gasteiger partial charge in [0.1, 0.15) is 5.78 Å². The molecule has 0 unspecified atom stereocenters. The lowest BCUT2D eigenvalue weighted by atomic mass is 9.97. The molecule has 1 saturated heterocycles. The number of piperidine rings is 1. The van der Waals surface area contributed by atoms with Crippen LogP contribution in [-0.2, 0) is 11.3 Å². The molecule has 0 saturated carbocycles. The van der Waals surface area contributed by atoms with Crippen LogP contribution in [0.4, 0.5) is 0 Å². The number of likely N-dealkylation sites (tertiary alicyclic amines) is 1. The van der Waals surface area contributed by atoms with Crippen LogP contribution < -0.4 is 0 Å². The van der Waals surface area contributed by atoms with E-state index in [9.17, 15) is 4.79 Å². The van der Waals surface area contributed by atoms with Gasteiger partial charge in [0, 0.05) is 25.2 Å². The third-order valence-electron chi connectivity index (χ3n) is 3.83. The van der Waals surface area contributed by atoms with E-state index in [-0.39, 0.29) is 5.92 Å². The first-order chi connectivity index (χ1) is 10.0. The Morgan fingerprint density at radius 1 is 1.43 bits per heavy atom. The van der Waals surface area contributed by atoms with E-state index in [1.54, 1.807) is 0 Å². The minimum absolute atomic E-state index is 0.147. The zero-order valence-electron chi connectivity index (χ0n) is 14.3. The van der Waals surface area contributed by atoms with E-state index in [4.69, 9.17) is 0 Å². The van der Waals surface area contributed by atoms with E-state index in [1.807, 2.05) is 38.6 Å². The molecule has 2 heterocycles. The second-order valence-electron chi connectivity index (χ2n) is 6.10.